The van der Waals surface area contributed by atoms with Crippen LogP contribution in [0.2, 0.25) is 0 Å². The highest BCUT2D eigenvalue weighted by atomic mass is 16.2. The average Bonchev–Trinajstić information content (AvgIpc) is 2.92. The van der Waals surface area contributed by atoms with E-state index in [1.807, 2.05) is 6.92 Å². The molecule has 0 spiro atoms. The predicted octanol–water partition coefficient (Wildman–Crippen LogP) is 0.642. The van der Waals surface area contributed by atoms with E-state index < -0.39 is 0 Å². The van der Waals surface area contributed by atoms with E-state index in [4.69, 9.17) is 0 Å². The average molecular weight is 220 g/mol. The van der Waals surface area contributed by atoms with Gasteiger partial charge >= 0.3 is 6.03 Å². The van der Waals surface area contributed by atoms with Crippen LogP contribution in [0.1, 0.15) is 24.8 Å². The summed E-state index contributed by atoms with van der Waals surface area (Å²) in [4.78, 5) is 11.9. The normalized spacial score (nSPS) is 31.9. The van der Waals surface area contributed by atoms with Gasteiger partial charge in [0.25, 0.3) is 0 Å². The van der Waals surface area contributed by atoms with Crippen LogP contribution in [-0.2, 0) is 0 Å². The summed E-state index contributed by atoms with van der Waals surface area (Å²) >= 11 is 0. The summed E-state index contributed by atoms with van der Waals surface area (Å²) in [5.41, 5.74) is 1.00. The lowest BCUT2D eigenvalue weighted by molar-refractivity contribution is 0.233. The van der Waals surface area contributed by atoms with Crippen molar-refractivity contribution in [2.24, 2.45) is 0 Å². The Balaban J connectivity index is 1.65. The second-order valence-corrected chi connectivity index (χ2v) is 4.80. The molecule has 2 bridgehead atoms. The molecule has 0 unspecified atom stereocenters. The largest absolute Gasteiger partial charge is 0.342 e. The Hall–Kier alpha value is -1.36. The molecule has 1 aromatic heterocycles. The third kappa shape index (κ3) is 1.61. The molecule has 86 valence electrons. The molecule has 3 heterocycles. The molecule has 1 amide bonds. The zero-order valence-corrected chi connectivity index (χ0v) is 9.31. The molecule has 3 atom stereocenters. The summed E-state index contributed by atoms with van der Waals surface area (Å²) in [6, 6.07) is 1.23. The van der Waals surface area contributed by atoms with Crippen molar-refractivity contribution in [2.45, 2.75) is 44.3 Å². The molecule has 1 aromatic rings. The number of nitrogens with one attached hydrogen (secondary N) is 2. The van der Waals surface area contributed by atoms with Crippen LogP contribution in [0.3, 0.4) is 0 Å². The highest BCUT2D eigenvalue weighted by Gasteiger charge is 2.39. The van der Waals surface area contributed by atoms with Gasteiger partial charge in [0.05, 0.1) is 6.20 Å². The number of fused-ring (bicyclic) bond motifs is 2. The molecule has 3 rings (SSSR count). The minimum Gasteiger partial charge on any atom is -0.332 e. The lowest BCUT2D eigenvalue weighted by atomic mass is 9.96. The standard InChI is InChI=1S/C11H16N4O/c1-7-5-12-15(6-7)11(16)14-10-4-8-2-3-9(10)13-8/h5-6,8-10,13H,2-4H2,1H3,(H,14,16)/t8-,9+,10-/m1/s1. The second-order valence-electron chi connectivity index (χ2n) is 4.80. The fraction of sp³-hybridized carbons (Fsp3) is 0.636. The van der Waals surface area contributed by atoms with Crippen molar-refractivity contribution in [2.75, 3.05) is 0 Å². The minimum atomic E-state index is -0.118. The Kier molecular flexibility index (Phi) is 2.21. The van der Waals surface area contributed by atoms with Crippen LogP contribution in [0.25, 0.3) is 0 Å². The van der Waals surface area contributed by atoms with Gasteiger partial charge in [0.1, 0.15) is 0 Å². The zero-order valence-electron chi connectivity index (χ0n) is 9.31. The van der Waals surface area contributed by atoms with Crippen LogP contribution in [0.4, 0.5) is 4.79 Å². The van der Waals surface area contributed by atoms with Crippen molar-refractivity contribution >= 4 is 6.03 Å². The fourth-order valence-electron chi connectivity index (χ4n) is 2.73. The zero-order chi connectivity index (χ0) is 11.1. The van der Waals surface area contributed by atoms with Gasteiger partial charge in [0, 0.05) is 24.3 Å². The Morgan fingerprint density at radius 1 is 1.62 bits per heavy atom. The van der Waals surface area contributed by atoms with E-state index in [9.17, 15) is 4.79 Å². The van der Waals surface area contributed by atoms with Gasteiger partial charge in [-0.25, -0.2) is 4.79 Å². The molecular weight excluding hydrogens is 204 g/mol. The van der Waals surface area contributed by atoms with Gasteiger partial charge in [-0.3, -0.25) is 0 Å². The summed E-state index contributed by atoms with van der Waals surface area (Å²) in [5.74, 6) is 0. The second kappa shape index (κ2) is 3.59. The number of hydrogen-bond acceptors (Lipinski definition) is 3. The van der Waals surface area contributed by atoms with Gasteiger partial charge in [0.2, 0.25) is 0 Å². The Morgan fingerprint density at radius 3 is 3.06 bits per heavy atom. The molecule has 5 nitrogen and oxygen atoms in total. The molecule has 2 aliphatic rings. The quantitative estimate of drug-likeness (QED) is 0.730. The van der Waals surface area contributed by atoms with Gasteiger partial charge < -0.3 is 10.6 Å². The third-order valence-electron chi connectivity index (χ3n) is 3.53. The van der Waals surface area contributed by atoms with E-state index in [2.05, 4.69) is 15.7 Å². The van der Waals surface area contributed by atoms with Crippen LogP contribution >= 0.6 is 0 Å². The maximum atomic E-state index is 11.9. The van der Waals surface area contributed by atoms with E-state index in [0.717, 1.165) is 12.0 Å². The van der Waals surface area contributed by atoms with E-state index in [1.54, 1.807) is 12.4 Å². The van der Waals surface area contributed by atoms with Gasteiger partial charge in [-0.05, 0) is 31.7 Å². The summed E-state index contributed by atoms with van der Waals surface area (Å²) in [6.45, 7) is 1.93. The first kappa shape index (κ1) is 9.84. The Bertz CT molecular complexity index is 414. The van der Waals surface area contributed by atoms with Crippen molar-refractivity contribution < 1.29 is 4.79 Å². The molecule has 2 N–H and O–H groups in total. The van der Waals surface area contributed by atoms with Gasteiger partial charge in [-0.1, -0.05) is 0 Å². The molecule has 16 heavy (non-hydrogen) atoms. The number of carbonyl (C=O) groups is 1. The van der Waals surface area contributed by atoms with Crippen LogP contribution in [0.15, 0.2) is 12.4 Å². The molecule has 2 fully saturated rings. The first-order chi connectivity index (χ1) is 7.72. The number of carbonyl (C=O) groups excluding carboxylic acids is 1. The lowest BCUT2D eigenvalue weighted by Gasteiger charge is -2.21. The summed E-state index contributed by atoms with van der Waals surface area (Å²) < 4.78 is 1.38. The summed E-state index contributed by atoms with van der Waals surface area (Å²) in [7, 11) is 0. The number of amides is 1. The molecule has 5 heteroatoms. The molecular formula is C11H16N4O. The predicted molar refractivity (Wildman–Crippen MR) is 59.2 cm³/mol. The Labute approximate surface area is 94.2 Å². The first-order valence-corrected chi connectivity index (χ1v) is 5.80. The maximum absolute atomic E-state index is 11.9. The highest BCUT2D eigenvalue weighted by molar-refractivity contribution is 5.76. The molecule has 2 aliphatic heterocycles. The number of nitrogens with zero attached hydrogens (tertiary/aromatic N) is 2. The molecule has 0 saturated carbocycles. The highest BCUT2D eigenvalue weighted by Crippen LogP contribution is 2.28. The molecule has 0 aromatic carbocycles. The Morgan fingerprint density at radius 2 is 2.50 bits per heavy atom. The molecule has 0 radical (unpaired) electrons. The van der Waals surface area contributed by atoms with E-state index in [1.165, 1.54) is 17.5 Å². The fourth-order valence-corrected chi connectivity index (χ4v) is 2.73. The van der Waals surface area contributed by atoms with Crippen molar-refractivity contribution in [3.63, 3.8) is 0 Å². The smallest absolute Gasteiger partial charge is 0.332 e. The van der Waals surface area contributed by atoms with Gasteiger partial charge in [-0.2, -0.15) is 9.78 Å². The van der Waals surface area contributed by atoms with E-state index in [0.29, 0.717) is 12.1 Å². The number of aryl methyl sites for hydroxylation is 1. The van der Waals surface area contributed by atoms with Gasteiger partial charge in [-0.15, -0.1) is 0 Å². The number of rotatable bonds is 1. The van der Waals surface area contributed by atoms with Crippen molar-refractivity contribution in [3.8, 4) is 0 Å². The summed E-state index contributed by atoms with van der Waals surface area (Å²) in [6.07, 6.45) is 6.91. The third-order valence-corrected chi connectivity index (χ3v) is 3.53. The van der Waals surface area contributed by atoms with E-state index >= 15 is 0 Å². The summed E-state index contributed by atoms with van der Waals surface area (Å²) in [5, 5.41) is 10.5. The van der Waals surface area contributed by atoms with Crippen LogP contribution in [0, 0.1) is 6.92 Å². The number of aromatic nitrogens is 2. The van der Waals surface area contributed by atoms with Crippen LogP contribution in [0.5, 0.6) is 0 Å². The van der Waals surface area contributed by atoms with Crippen LogP contribution < -0.4 is 10.6 Å². The SMILES string of the molecule is Cc1cnn(C(=O)N[C@@H]2C[C@H]3CC[C@@H]2N3)c1. The van der Waals surface area contributed by atoms with Gasteiger partial charge in [0.15, 0.2) is 0 Å². The maximum Gasteiger partial charge on any atom is 0.342 e. The monoisotopic (exact) mass is 220 g/mol. The minimum absolute atomic E-state index is 0.118. The molecule has 0 aliphatic carbocycles. The van der Waals surface area contributed by atoms with Crippen molar-refractivity contribution in [3.05, 3.63) is 18.0 Å². The van der Waals surface area contributed by atoms with Crippen molar-refractivity contribution in [1.82, 2.24) is 20.4 Å². The van der Waals surface area contributed by atoms with Crippen molar-refractivity contribution in [1.29, 1.82) is 0 Å². The van der Waals surface area contributed by atoms with Crippen LogP contribution in [-0.4, -0.2) is 33.9 Å². The molecule has 2 saturated heterocycles. The number of hydrogen-bond donors (Lipinski definition) is 2. The topological polar surface area (TPSA) is 59.0 Å². The first-order valence-electron chi connectivity index (χ1n) is 5.80. The lowest BCUT2D eigenvalue weighted by Crippen LogP contribution is -2.44. The van der Waals surface area contributed by atoms with E-state index in [-0.39, 0.29) is 12.1 Å².